The second kappa shape index (κ2) is 8.60. The lowest BCUT2D eigenvalue weighted by Crippen LogP contribution is -2.13. The second-order valence-corrected chi connectivity index (χ2v) is 6.12. The third-order valence-corrected chi connectivity index (χ3v) is 3.83. The monoisotopic (exact) mass is 441 g/mol. The Kier molecular flexibility index (Phi) is 6.50. The summed E-state index contributed by atoms with van der Waals surface area (Å²) in [6, 6.07) is 11.6. The molecule has 0 heterocycles. The van der Waals surface area contributed by atoms with Crippen molar-refractivity contribution in [3.05, 3.63) is 61.7 Å². The molecular weight excluding hydrogens is 425 g/mol. The van der Waals surface area contributed by atoms with Gasteiger partial charge in [-0.05, 0) is 52.9 Å². The number of benzene rings is 2. The Bertz CT molecular complexity index is 752. The van der Waals surface area contributed by atoms with Crippen molar-refractivity contribution in [2.75, 3.05) is 30.9 Å². The maximum Gasteiger partial charge on any atom is 0.293 e. The molecule has 0 aliphatic rings. The van der Waals surface area contributed by atoms with E-state index in [1.54, 1.807) is 19.2 Å². The first-order valence-electron chi connectivity index (χ1n) is 7.09. The van der Waals surface area contributed by atoms with E-state index >= 15 is 0 Å². The number of halogens is 1. The van der Waals surface area contributed by atoms with Crippen molar-refractivity contribution in [3.8, 4) is 0 Å². The number of carbonyl (C=O) groups excluding carboxylic acids is 1. The van der Waals surface area contributed by atoms with Crippen LogP contribution in [0.5, 0.6) is 0 Å². The summed E-state index contributed by atoms with van der Waals surface area (Å²) in [5.74, 6) is -0.399. The Morgan fingerprint density at radius 2 is 2.08 bits per heavy atom. The van der Waals surface area contributed by atoms with Crippen LogP contribution in [-0.2, 0) is 4.74 Å². The van der Waals surface area contributed by atoms with Gasteiger partial charge in [0, 0.05) is 34.5 Å². The lowest BCUT2D eigenvalue weighted by atomic mass is 10.1. The number of hydrogen-bond acceptors (Lipinski definition) is 5. The van der Waals surface area contributed by atoms with Gasteiger partial charge in [-0.2, -0.15) is 0 Å². The fraction of sp³-hybridized carbons (Fsp3) is 0.188. The maximum atomic E-state index is 12.3. The van der Waals surface area contributed by atoms with E-state index in [4.69, 9.17) is 4.74 Å². The molecule has 0 bridgehead atoms. The van der Waals surface area contributed by atoms with Crippen molar-refractivity contribution >= 4 is 45.6 Å². The number of amides is 1. The summed E-state index contributed by atoms with van der Waals surface area (Å²) in [6.07, 6.45) is 0. The van der Waals surface area contributed by atoms with E-state index in [0.717, 1.165) is 3.57 Å². The van der Waals surface area contributed by atoms with Crippen LogP contribution in [0.2, 0.25) is 0 Å². The Morgan fingerprint density at radius 3 is 2.75 bits per heavy atom. The molecule has 2 aromatic carbocycles. The first kappa shape index (κ1) is 18.1. The van der Waals surface area contributed by atoms with Gasteiger partial charge in [-0.3, -0.25) is 14.9 Å². The maximum absolute atomic E-state index is 12.3. The molecule has 0 radical (unpaired) electrons. The summed E-state index contributed by atoms with van der Waals surface area (Å²) >= 11 is 2.14. The Labute approximate surface area is 152 Å². The van der Waals surface area contributed by atoms with Gasteiger partial charge in [-0.25, -0.2) is 0 Å². The van der Waals surface area contributed by atoms with Crippen LogP contribution in [0.1, 0.15) is 10.4 Å². The molecule has 0 aromatic heterocycles. The van der Waals surface area contributed by atoms with Crippen LogP contribution >= 0.6 is 22.6 Å². The molecule has 1 amide bonds. The lowest BCUT2D eigenvalue weighted by Gasteiger charge is -2.09. The van der Waals surface area contributed by atoms with Crippen LogP contribution in [0.15, 0.2) is 42.5 Å². The van der Waals surface area contributed by atoms with Crippen molar-refractivity contribution in [1.29, 1.82) is 0 Å². The standard InChI is InChI=1S/C16H16IN3O4/c1-24-8-7-18-14-6-5-11(9-15(14)20(22)23)16(21)19-13-4-2-3-12(17)10-13/h2-6,9-10,18H,7-8H2,1H3,(H,19,21). The molecule has 0 saturated heterocycles. The minimum Gasteiger partial charge on any atom is -0.383 e. The number of anilines is 2. The van der Waals surface area contributed by atoms with Crippen molar-refractivity contribution in [3.63, 3.8) is 0 Å². The topological polar surface area (TPSA) is 93.5 Å². The highest BCUT2D eigenvalue weighted by Crippen LogP contribution is 2.26. The van der Waals surface area contributed by atoms with E-state index in [9.17, 15) is 14.9 Å². The molecule has 0 atom stereocenters. The van der Waals surface area contributed by atoms with Gasteiger partial charge in [-0.1, -0.05) is 6.07 Å². The van der Waals surface area contributed by atoms with E-state index in [1.807, 2.05) is 18.2 Å². The third kappa shape index (κ3) is 4.90. The number of nitrogens with zero attached hydrogens (tertiary/aromatic N) is 1. The smallest absolute Gasteiger partial charge is 0.293 e. The van der Waals surface area contributed by atoms with E-state index in [1.165, 1.54) is 12.1 Å². The Hall–Kier alpha value is -2.20. The van der Waals surface area contributed by atoms with Gasteiger partial charge in [0.05, 0.1) is 11.5 Å². The fourth-order valence-electron chi connectivity index (χ4n) is 2.03. The highest BCUT2D eigenvalue weighted by Gasteiger charge is 2.17. The normalized spacial score (nSPS) is 10.2. The van der Waals surface area contributed by atoms with E-state index in [0.29, 0.717) is 24.5 Å². The molecule has 2 rings (SSSR count). The van der Waals surface area contributed by atoms with Crippen LogP contribution in [0.25, 0.3) is 0 Å². The first-order chi connectivity index (χ1) is 11.5. The van der Waals surface area contributed by atoms with Crippen molar-refractivity contribution in [2.45, 2.75) is 0 Å². The Morgan fingerprint density at radius 1 is 1.29 bits per heavy atom. The van der Waals surface area contributed by atoms with Gasteiger partial charge in [-0.15, -0.1) is 0 Å². The van der Waals surface area contributed by atoms with E-state index in [2.05, 4.69) is 33.2 Å². The third-order valence-electron chi connectivity index (χ3n) is 3.16. The van der Waals surface area contributed by atoms with Gasteiger partial charge in [0.1, 0.15) is 5.69 Å². The zero-order chi connectivity index (χ0) is 17.5. The first-order valence-corrected chi connectivity index (χ1v) is 8.17. The van der Waals surface area contributed by atoms with Crippen LogP contribution in [0, 0.1) is 13.7 Å². The van der Waals surface area contributed by atoms with Crippen LogP contribution < -0.4 is 10.6 Å². The van der Waals surface area contributed by atoms with Gasteiger partial charge in [0.2, 0.25) is 0 Å². The van der Waals surface area contributed by atoms with E-state index in [-0.39, 0.29) is 11.3 Å². The lowest BCUT2D eigenvalue weighted by molar-refractivity contribution is -0.384. The Balaban J connectivity index is 2.19. The minimum absolute atomic E-state index is 0.151. The average Bonchev–Trinajstić information content (AvgIpc) is 2.55. The van der Waals surface area contributed by atoms with Crippen molar-refractivity contribution in [1.82, 2.24) is 0 Å². The van der Waals surface area contributed by atoms with Crippen molar-refractivity contribution < 1.29 is 14.5 Å². The average molecular weight is 441 g/mol. The quantitative estimate of drug-likeness (QED) is 0.297. The molecule has 0 aliphatic carbocycles. The predicted molar refractivity (Wildman–Crippen MR) is 101 cm³/mol. The molecule has 7 nitrogen and oxygen atoms in total. The number of nitro benzene ring substituents is 1. The molecule has 126 valence electrons. The number of rotatable bonds is 7. The van der Waals surface area contributed by atoms with E-state index < -0.39 is 10.8 Å². The van der Waals surface area contributed by atoms with Crippen LogP contribution in [0.3, 0.4) is 0 Å². The fourth-order valence-corrected chi connectivity index (χ4v) is 2.57. The second-order valence-electron chi connectivity index (χ2n) is 4.87. The molecule has 2 aromatic rings. The van der Waals surface area contributed by atoms with Gasteiger partial charge in [0.15, 0.2) is 0 Å². The zero-order valence-electron chi connectivity index (χ0n) is 12.9. The SMILES string of the molecule is COCCNc1ccc(C(=O)Nc2cccc(I)c2)cc1[N+](=O)[O-]. The summed E-state index contributed by atoms with van der Waals surface area (Å²) < 4.78 is 5.89. The molecule has 24 heavy (non-hydrogen) atoms. The number of carbonyl (C=O) groups is 1. The van der Waals surface area contributed by atoms with Gasteiger partial charge in [0.25, 0.3) is 11.6 Å². The molecule has 0 aliphatic heterocycles. The highest BCUT2D eigenvalue weighted by molar-refractivity contribution is 14.1. The van der Waals surface area contributed by atoms with Crippen LogP contribution in [-0.4, -0.2) is 31.1 Å². The molecule has 0 spiro atoms. The number of methoxy groups -OCH3 is 1. The van der Waals surface area contributed by atoms with Gasteiger partial charge >= 0.3 is 0 Å². The minimum atomic E-state index is -0.516. The zero-order valence-corrected chi connectivity index (χ0v) is 15.1. The molecule has 2 N–H and O–H groups in total. The molecule has 0 fully saturated rings. The van der Waals surface area contributed by atoms with Crippen LogP contribution in [0.4, 0.5) is 17.1 Å². The number of hydrogen-bond donors (Lipinski definition) is 2. The number of ether oxygens (including phenoxy) is 1. The summed E-state index contributed by atoms with van der Waals surface area (Å²) in [5.41, 5.74) is 1.05. The summed E-state index contributed by atoms with van der Waals surface area (Å²) in [5, 5.41) is 16.9. The molecular formula is C16H16IN3O4. The largest absolute Gasteiger partial charge is 0.383 e. The summed E-state index contributed by atoms with van der Waals surface area (Å²) in [4.78, 5) is 23.0. The molecule has 0 saturated carbocycles. The number of nitro groups is 1. The van der Waals surface area contributed by atoms with Crippen molar-refractivity contribution in [2.24, 2.45) is 0 Å². The van der Waals surface area contributed by atoms with Gasteiger partial charge < -0.3 is 15.4 Å². The predicted octanol–water partition coefficient (Wildman–Crippen LogP) is 3.51. The highest BCUT2D eigenvalue weighted by atomic mass is 127. The number of nitrogens with one attached hydrogen (secondary N) is 2. The summed E-state index contributed by atoms with van der Waals surface area (Å²) in [7, 11) is 1.55. The molecule has 0 unspecified atom stereocenters. The molecule has 8 heteroatoms. The summed E-state index contributed by atoms with van der Waals surface area (Å²) in [6.45, 7) is 0.859.